The van der Waals surface area contributed by atoms with E-state index in [2.05, 4.69) is 20.3 Å². The third kappa shape index (κ3) is 4.12. The lowest BCUT2D eigenvalue weighted by Gasteiger charge is -2.25. The molecule has 28 heavy (non-hydrogen) atoms. The van der Waals surface area contributed by atoms with Crippen molar-refractivity contribution in [1.29, 1.82) is 0 Å². The molecule has 1 atom stereocenters. The minimum atomic E-state index is -0.204. The predicted octanol–water partition coefficient (Wildman–Crippen LogP) is 2.52. The Balaban J connectivity index is 1.30. The van der Waals surface area contributed by atoms with E-state index in [0.29, 0.717) is 26.0 Å². The summed E-state index contributed by atoms with van der Waals surface area (Å²) in [5, 5.41) is 5.82. The predicted molar refractivity (Wildman–Crippen MR) is 106 cm³/mol. The number of thiazole rings is 1. The van der Waals surface area contributed by atoms with Crippen LogP contribution in [0.1, 0.15) is 11.3 Å². The number of aromatic nitrogens is 3. The number of nitrogens with one attached hydrogen (secondary N) is 1. The molecule has 0 unspecified atom stereocenters. The van der Waals surface area contributed by atoms with Crippen LogP contribution in [0.3, 0.4) is 0 Å². The maximum absolute atomic E-state index is 12.5. The molecular weight excluding hydrogens is 376 g/mol. The van der Waals surface area contributed by atoms with Gasteiger partial charge in [-0.2, -0.15) is 0 Å². The number of fused-ring (bicyclic) bond motifs is 1. The van der Waals surface area contributed by atoms with Crippen LogP contribution < -0.4 is 14.8 Å². The number of hydrogen-bond acceptors (Lipinski definition) is 7. The molecule has 1 amide bonds. The Morgan fingerprint density at radius 1 is 1.39 bits per heavy atom. The van der Waals surface area contributed by atoms with Crippen LogP contribution in [0.15, 0.2) is 42.2 Å². The molecule has 3 aromatic rings. The fourth-order valence-corrected chi connectivity index (χ4v) is 3.89. The summed E-state index contributed by atoms with van der Waals surface area (Å²) in [5.74, 6) is 1.39. The highest BCUT2D eigenvalue weighted by Gasteiger charge is 2.26. The van der Waals surface area contributed by atoms with Gasteiger partial charge in [0.05, 0.1) is 24.9 Å². The highest BCUT2D eigenvalue weighted by molar-refractivity contribution is 7.13. The van der Waals surface area contributed by atoms with E-state index in [4.69, 9.17) is 9.47 Å². The van der Waals surface area contributed by atoms with Gasteiger partial charge in [-0.05, 0) is 30.2 Å². The summed E-state index contributed by atoms with van der Waals surface area (Å²) in [6, 6.07) is 5.68. The van der Waals surface area contributed by atoms with E-state index in [9.17, 15) is 4.79 Å². The molecule has 1 N–H and O–H groups in total. The van der Waals surface area contributed by atoms with Crippen LogP contribution in [0, 0.1) is 5.92 Å². The van der Waals surface area contributed by atoms with E-state index >= 15 is 0 Å². The normalized spacial score (nSPS) is 15.4. The lowest BCUT2D eigenvalue weighted by Crippen LogP contribution is -2.38. The zero-order chi connectivity index (χ0) is 19.3. The minimum Gasteiger partial charge on any atom is -0.497 e. The lowest BCUT2D eigenvalue weighted by atomic mass is 9.96. The van der Waals surface area contributed by atoms with Crippen molar-refractivity contribution < 1.29 is 14.3 Å². The van der Waals surface area contributed by atoms with Crippen molar-refractivity contribution >= 4 is 17.2 Å². The molecule has 2 aromatic heterocycles. The molecule has 1 aromatic carbocycles. The van der Waals surface area contributed by atoms with Crippen LogP contribution in [0.5, 0.6) is 11.5 Å². The molecule has 0 fully saturated rings. The molecule has 0 bridgehead atoms. The molecule has 0 saturated carbocycles. The average Bonchev–Trinajstić information content (AvgIpc) is 3.22. The number of ether oxygens (including phenoxy) is 2. The van der Waals surface area contributed by atoms with Gasteiger partial charge >= 0.3 is 0 Å². The zero-order valence-corrected chi connectivity index (χ0v) is 16.2. The minimum absolute atomic E-state index is 0.00199. The molecular formula is C20H20N4O3S. The van der Waals surface area contributed by atoms with Gasteiger partial charge in [-0.1, -0.05) is 0 Å². The molecule has 0 saturated heterocycles. The molecule has 3 heterocycles. The van der Waals surface area contributed by atoms with E-state index in [1.165, 1.54) is 11.3 Å². The van der Waals surface area contributed by atoms with Gasteiger partial charge in [-0.15, -0.1) is 11.3 Å². The summed E-state index contributed by atoms with van der Waals surface area (Å²) in [6.45, 7) is 0.919. The van der Waals surface area contributed by atoms with Crippen molar-refractivity contribution in [3.63, 3.8) is 0 Å². The molecule has 0 radical (unpaired) electrons. The van der Waals surface area contributed by atoms with Crippen molar-refractivity contribution in [2.75, 3.05) is 20.3 Å². The monoisotopic (exact) mass is 396 g/mol. The van der Waals surface area contributed by atoms with Crippen LogP contribution in [0.25, 0.3) is 10.7 Å². The van der Waals surface area contributed by atoms with Crippen molar-refractivity contribution in [2.45, 2.75) is 12.8 Å². The summed E-state index contributed by atoms with van der Waals surface area (Å²) in [7, 11) is 1.63. The van der Waals surface area contributed by atoms with Crippen LogP contribution in [-0.2, 0) is 17.6 Å². The number of methoxy groups -OCH3 is 1. The molecule has 0 spiro atoms. The molecule has 4 rings (SSSR count). The summed E-state index contributed by atoms with van der Waals surface area (Å²) in [6.07, 6.45) is 6.29. The second kappa shape index (κ2) is 8.35. The largest absolute Gasteiger partial charge is 0.497 e. The Morgan fingerprint density at radius 2 is 2.32 bits per heavy atom. The summed E-state index contributed by atoms with van der Waals surface area (Å²) < 4.78 is 11.0. The van der Waals surface area contributed by atoms with E-state index in [1.807, 2.05) is 23.6 Å². The number of amides is 1. The Kier molecular flexibility index (Phi) is 5.48. The van der Waals surface area contributed by atoms with Gasteiger partial charge in [0.1, 0.15) is 28.8 Å². The standard InChI is InChI=1S/C20H20N4O3S/c1-26-16-2-3-18-13(9-16)8-14(11-27-18)19(25)23-5-4-15-12-28-20(24-15)17-10-21-6-7-22-17/h2-3,6-7,9-10,12,14H,4-5,8,11H2,1H3,(H,23,25)/t14-/m1/s1. The van der Waals surface area contributed by atoms with Gasteiger partial charge in [-0.3, -0.25) is 14.8 Å². The van der Waals surface area contributed by atoms with Crippen molar-refractivity contribution in [2.24, 2.45) is 5.92 Å². The van der Waals surface area contributed by atoms with Gasteiger partial charge in [0.25, 0.3) is 0 Å². The molecule has 144 valence electrons. The quantitative estimate of drug-likeness (QED) is 0.689. The molecule has 8 heteroatoms. The Hall–Kier alpha value is -3.00. The SMILES string of the molecule is COc1ccc2c(c1)C[C@@H](C(=O)NCCc1csc(-c3cnccn3)n1)CO2. The van der Waals surface area contributed by atoms with E-state index in [0.717, 1.165) is 33.5 Å². The van der Waals surface area contributed by atoms with Gasteiger partial charge in [-0.25, -0.2) is 4.98 Å². The van der Waals surface area contributed by atoms with E-state index in [-0.39, 0.29) is 11.8 Å². The lowest BCUT2D eigenvalue weighted by molar-refractivity contribution is -0.126. The molecule has 1 aliphatic rings. The number of carbonyl (C=O) groups excluding carboxylic acids is 1. The highest BCUT2D eigenvalue weighted by Crippen LogP contribution is 2.30. The number of benzene rings is 1. The second-order valence-electron chi connectivity index (χ2n) is 6.46. The molecule has 0 aliphatic carbocycles. The first-order valence-electron chi connectivity index (χ1n) is 9.01. The van der Waals surface area contributed by atoms with E-state index < -0.39 is 0 Å². The molecule has 1 aliphatic heterocycles. The average molecular weight is 396 g/mol. The van der Waals surface area contributed by atoms with Crippen LogP contribution >= 0.6 is 11.3 Å². The fraction of sp³-hybridized carbons (Fsp3) is 0.300. The number of nitrogens with zero attached hydrogens (tertiary/aromatic N) is 3. The first-order chi connectivity index (χ1) is 13.7. The number of carbonyl (C=O) groups is 1. The van der Waals surface area contributed by atoms with Crippen molar-refractivity contribution in [3.05, 3.63) is 53.4 Å². The summed E-state index contributed by atoms with van der Waals surface area (Å²) in [5.41, 5.74) is 2.69. The van der Waals surface area contributed by atoms with Gasteiger partial charge in [0.15, 0.2) is 0 Å². The number of hydrogen-bond donors (Lipinski definition) is 1. The summed E-state index contributed by atoms with van der Waals surface area (Å²) >= 11 is 1.53. The van der Waals surface area contributed by atoms with Gasteiger partial charge < -0.3 is 14.8 Å². The Labute approximate surface area is 166 Å². The first-order valence-corrected chi connectivity index (χ1v) is 9.89. The van der Waals surface area contributed by atoms with Gasteiger partial charge in [0, 0.05) is 30.7 Å². The maximum atomic E-state index is 12.5. The van der Waals surface area contributed by atoms with Crippen LogP contribution in [-0.4, -0.2) is 41.1 Å². The Morgan fingerprint density at radius 3 is 3.14 bits per heavy atom. The maximum Gasteiger partial charge on any atom is 0.226 e. The van der Waals surface area contributed by atoms with Crippen molar-refractivity contribution in [1.82, 2.24) is 20.3 Å². The molecule has 7 nitrogen and oxygen atoms in total. The topological polar surface area (TPSA) is 86.2 Å². The van der Waals surface area contributed by atoms with E-state index in [1.54, 1.807) is 25.7 Å². The Bertz CT molecular complexity index is 961. The number of rotatable bonds is 6. The zero-order valence-electron chi connectivity index (χ0n) is 15.4. The first kappa shape index (κ1) is 18.4. The second-order valence-corrected chi connectivity index (χ2v) is 7.32. The summed E-state index contributed by atoms with van der Waals surface area (Å²) in [4.78, 5) is 25.4. The van der Waals surface area contributed by atoms with Crippen LogP contribution in [0.4, 0.5) is 0 Å². The fourth-order valence-electron chi connectivity index (χ4n) is 3.07. The third-order valence-corrected chi connectivity index (χ3v) is 5.47. The van der Waals surface area contributed by atoms with Crippen LogP contribution in [0.2, 0.25) is 0 Å². The smallest absolute Gasteiger partial charge is 0.226 e. The third-order valence-electron chi connectivity index (χ3n) is 4.56. The highest BCUT2D eigenvalue weighted by atomic mass is 32.1. The van der Waals surface area contributed by atoms with Crippen molar-refractivity contribution in [3.8, 4) is 22.2 Å². The van der Waals surface area contributed by atoms with Gasteiger partial charge in [0.2, 0.25) is 5.91 Å².